The van der Waals surface area contributed by atoms with E-state index < -0.39 is 0 Å². The van der Waals surface area contributed by atoms with Gasteiger partial charge in [0.25, 0.3) is 0 Å². The third-order valence-electron chi connectivity index (χ3n) is 2.71. The second-order valence-corrected chi connectivity index (χ2v) is 3.97. The quantitative estimate of drug-likeness (QED) is 0.579. The number of nitrogens with two attached hydrogens (primary N) is 1. The van der Waals surface area contributed by atoms with Crippen LogP contribution < -0.4 is 5.73 Å². The van der Waals surface area contributed by atoms with Crippen molar-refractivity contribution in [3.8, 4) is 0 Å². The molecule has 0 amide bonds. The number of hydrogen-bond acceptors (Lipinski definition) is 4. The van der Waals surface area contributed by atoms with E-state index >= 15 is 0 Å². The molecule has 2 atom stereocenters. The third-order valence-corrected chi connectivity index (χ3v) is 2.71. The van der Waals surface area contributed by atoms with Crippen LogP contribution in [0.2, 0.25) is 0 Å². The molecule has 2 N–H and O–H groups in total. The van der Waals surface area contributed by atoms with E-state index in [0.717, 1.165) is 32.7 Å². The Labute approximate surface area is 93.7 Å². The van der Waals surface area contributed by atoms with Crippen LogP contribution in [-0.4, -0.2) is 57.5 Å². The maximum absolute atomic E-state index is 5.90. The van der Waals surface area contributed by atoms with Crippen LogP contribution in [0.25, 0.3) is 0 Å². The van der Waals surface area contributed by atoms with Gasteiger partial charge in [-0.1, -0.05) is 0 Å². The Bertz CT molecular complexity index is 143. The summed E-state index contributed by atoms with van der Waals surface area (Å²) in [5.41, 5.74) is 5.90. The van der Waals surface area contributed by atoms with E-state index in [1.54, 1.807) is 14.2 Å². The molecule has 4 nitrogen and oxygen atoms in total. The van der Waals surface area contributed by atoms with Gasteiger partial charge in [-0.3, -0.25) is 4.90 Å². The first-order chi connectivity index (χ1) is 7.13. The minimum Gasteiger partial charge on any atom is -0.385 e. The fourth-order valence-electron chi connectivity index (χ4n) is 1.47. The summed E-state index contributed by atoms with van der Waals surface area (Å²) < 4.78 is 10.1. The van der Waals surface area contributed by atoms with Crippen LogP contribution >= 0.6 is 0 Å². The first-order valence-corrected chi connectivity index (χ1v) is 5.61. The molecule has 0 saturated carbocycles. The van der Waals surface area contributed by atoms with Crippen molar-refractivity contribution < 1.29 is 9.47 Å². The molecule has 0 aromatic heterocycles. The van der Waals surface area contributed by atoms with Crippen molar-refractivity contribution in [1.29, 1.82) is 0 Å². The van der Waals surface area contributed by atoms with Crippen molar-refractivity contribution in [1.82, 2.24) is 4.90 Å². The Morgan fingerprint density at radius 3 is 2.13 bits per heavy atom. The van der Waals surface area contributed by atoms with E-state index in [0.29, 0.717) is 6.04 Å². The van der Waals surface area contributed by atoms with E-state index in [4.69, 9.17) is 15.2 Å². The fourth-order valence-corrected chi connectivity index (χ4v) is 1.47. The third kappa shape index (κ3) is 6.84. The molecule has 0 aliphatic rings. The standard InChI is InChI=1S/C11H26N2O2/c1-10(12)11(2)13(7-9-15-4)6-5-8-14-3/h10-11H,5-9,12H2,1-4H3. The van der Waals surface area contributed by atoms with Gasteiger partial charge >= 0.3 is 0 Å². The molecular formula is C11H26N2O2. The van der Waals surface area contributed by atoms with Gasteiger partial charge in [-0.2, -0.15) is 0 Å². The molecule has 0 aliphatic heterocycles. The lowest BCUT2D eigenvalue weighted by Gasteiger charge is -2.31. The van der Waals surface area contributed by atoms with Crippen molar-refractivity contribution in [3.05, 3.63) is 0 Å². The van der Waals surface area contributed by atoms with Crippen molar-refractivity contribution in [2.24, 2.45) is 5.73 Å². The summed E-state index contributed by atoms with van der Waals surface area (Å²) in [6, 6.07) is 0.571. The number of ether oxygens (including phenoxy) is 2. The molecular weight excluding hydrogens is 192 g/mol. The van der Waals surface area contributed by atoms with Crippen molar-refractivity contribution in [3.63, 3.8) is 0 Å². The topological polar surface area (TPSA) is 47.7 Å². The van der Waals surface area contributed by atoms with Gasteiger partial charge in [0.2, 0.25) is 0 Å². The van der Waals surface area contributed by atoms with Crippen LogP contribution in [0.3, 0.4) is 0 Å². The second-order valence-electron chi connectivity index (χ2n) is 3.97. The van der Waals surface area contributed by atoms with Crippen molar-refractivity contribution >= 4 is 0 Å². The fraction of sp³-hybridized carbons (Fsp3) is 1.00. The molecule has 2 unspecified atom stereocenters. The van der Waals surface area contributed by atoms with Crippen LogP contribution in [0.4, 0.5) is 0 Å². The van der Waals surface area contributed by atoms with Gasteiger partial charge in [0, 0.05) is 46.0 Å². The lowest BCUT2D eigenvalue weighted by molar-refractivity contribution is 0.104. The zero-order valence-corrected chi connectivity index (χ0v) is 10.5. The minimum absolute atomic E-state index is 0.185. The molecule has 0 aliphatic carbocycles. The van der Waals surface area contributed by atoms with Crippen molar-refractivity contribution in [2.45, 2.75) is 32.4 Å². The van der Waals surface area contributed by atoms with E-state index in [2.05, 4.69) is 11.8 Å². The van der Waals surface area contributed by atoms with Gasteiger partial charge in [0.1, 0.15) is 0 Å². The first kappa shape index (κ1) is 14.8. The van der Waals surface area contributed by atoms with Gasteiger partial charge in [-0.05, 0) is 20.3 Å². The molecule has 0 aromatic carbocycles. The lowest BCUT2D eigenvalue weighted by Crippen LogP contribution is -2.46. The van der Waals surface area contributed by atoms with Gasteiger partial charge in [0.15, 0.2) is 0 Å². The summed E-state index contributed by atoms with van der Waals surface area (Å²) in [6.45, 7) is 7.70. The van der Waals surface area contributed by atoms with Crippen LogP contribution in [0.1, 0.15) is 20.3 Å². The Morgan fingerprint density at radius 2 is 1.67 bits per heavy atom. The Balaban J connectivity index is 3.93. The van der Waals surface area contributed by atoms with Crippen molar-refractivity contribution in [2.75, 3.05) is 40.5 Å². The SMILES string of the molecule is COCCCN(CCOC)C(C)C(C)N. The highest BCUT2D eigenvalue weighted by Gasteiger charge is 2.16. The van der Waals surface area contributed by atoms with Crippen LogP contribution in [0, 0.1) is 0 Å². The van der Waals surface area contributed by atoms with Gasteiger partial charge in [-0.25, -0.2) is 0 Å². The highest BCUT2D eigenvalue weighted by molar-refractivity contribution is 4.74. The monoisotopic (exact) mass is 218 g/mol. The van der Waals surface area contributed by atoms with Gasteiger partial charge < -0.3 is 15.2 Å². The van der Waals surface area contributed by atoms with Crippen LogP contribution in [-0.2, 0) is 9.47 Å². The summed E-state index contributed by atoms with van der Waals surface area (Å²) in [4.78, 5) is 2.35. The molecule has 15 heavy (non-hydrogen) atoms. The van der Waals surface area contributed by atoms with Gasteiger partial charge in [-0.15, -0.1) is 0 Å². The summed E-state index contributed by atoms with van der Waals surface area (Å²) in [7, 11) is 3.46. The summed E-state index contributed by atoms with van der Waals surface area (Å²) in [5.74, 6) is 0. The van der Waals surface area contributed by atoms with Gasteiger partial charge in [0.05, 0.1) is 6.61 Å². The summed E-state index contributed by atoms with van der Waals surface area (Å²) in [6.07, 6.45) is 1.04. The maximum atomic E-state index is 5.90. The maximum Gasteiger partial charge on any atom is 0.0589 e. The lowest BCUT2D eigenvalue weighted by atomic mass is 10.1. The summed E-state index contributed by atoms with van der Waals surface area (Å²) in [5, 5.41) is 0. The van der Waals surface area contributed by atoms with E-state index in [9.17, 15) is 0 Å². The number of hydrogen-bond donors (Lipinski definition) is 1. The molecule has 0 bridgehead atoms. The molecule has 0 saturated heterocycles. The molecule has 0 rings (SSSR count). The minimum atomic E-state index is 0.185. The predicted molar refractivity (Wildman–Crippen MR) is 63.1 cm³/mol. The number of nitrogens with zero attached hydrogens (tertiary/aromatic N) is 1. The van der Waals surface area contributed by atoms with Crippen LogP contribution in [0.15, 0.2) is 0 Å². The smallest absolute Gasteiger partial charge is 0.0589 e. The zero-order valence-electron chi connectivity index (χ0n) is 10.5. The predicted octanol–water partition coefficient (Wildman–Crippen LogP) is 0.707. The molecule has 0 aromatic rings. The second kappa shape index (κ2) is 9.09. The molecule has 92 valence electrons. The molecule has 0 heterocycles. The Morgan fingerprint density at radius 1 is 1.07 bits per heavy atom. The Kier molecular flexibility index (Phi) is 9.00. The normalized spacial score (nSPS) is 15.6. The summed E-state index contributed by atoms with van der Waals surface area (Å²) >= 11 is 0. The highest BCUT2D eigenvalue weighted by atomic mass is 16.5. The zero-order chi connectivity index (χ0) is 11.7. The number of methoxy groups -OCH3 is 2. The average molecular weight is 218 g/mol. The van der Waals surface area contributed by atoms with E-state index in [1.807, 2.05) is 6.92 Å². The first-order valence-electron chi connectivity index (χ1n) is 5.61. The largest absolute Gasteiger partial charge is 0.385 e. The molecule has 0 radical (unpaired) electrons. The number of rotatable bonds is 9. The molecule has 0 spiro atoms. The van der Waals surface area contributed by atoms with E-state index in [-0.39, 0.29) is 6.04 Å². The van der Waals surface area contributed by atoms with E-state index in [1.165, 1.54) is 0 Å². The molecule has 0 fully saturated rings. The average Bonchev–Trinajstić information content (AvgIpc) is 2.22. The van der Waals surface area contributed by atoms with Crippen LogP contribution in [0.5, 0.6) is 0 Å². The highest BCUT2D eigenvalue weighted by Crippen LogP contribution is 2.03. The Hall–Kier alpha value is -0.160. The molecule has 4 heteroatoms.